The molecule has 2 aromatic rings. The van der Waals surface area contributed by atoms with Crippen molar-refractivity contribution in [3.63, 3.8) is 0 Å². The van der Waals surface area contributed by atoms with Crippen molar-refractivity contribution < 1.29 is 27.5 Å². The first-order valence-electron chi connectivity index (χ1n) is 11.6. The van der Waals surface area contributed by atoms with Crippen LogP contribution >= 0.6 is 0 Å². The molecule has 34 heavy (non-hydrogen) atoms. The number of carbonyl (C=O) groups excluding carboxylic acids is 2. The Labute approximate surface area is 200 Å². The molecule has 9 heteroatoms. The van der Waals surface area contributed by atoms with E-state index in [-0.39, 0.29) is 41.5 Å². The third-order valence-electron chi connectivity index (χ3n) is 6.27. The summed E-state index contributed by atoms with van der Waals surface area (Å²) in [6, 6.07) is 11.1. The number of ketones is 1. The lowest BCUT2D eigenvalue weighted by atomic mass is 10.0. The summed E-state index contributed by atoms with van der Waals surface area (Å²) in [5, 5.41) is 2.73. The van der Waals surface area contributed by atoms with E-state index in [0.717, 1.165) is 19.3 Å². The summed E-state index contributed by atoms with van der Waals surface area (Å²) in [5.74, 6) is 0.651. The van der Waals surface area contributed by atoms with E-state index in [4.69, 9.17) is 9.47 Å². The van der Waals surface area contributed by atoms with Gasteiger partial charge in [0.2, 0.25) is 15.9 Å². The number of rotatable bonds is 7. The number of hydrogen-bond donors (Lipinski definition) is 1. The van der Waals surface area contributed by atoms with Crippen molar-refractivity contribution >= 4 is 27.4 Å². The SMILES string of the molecule is C[C@@H]1CCC[C@H](C)N1S(=O)(=O)c1ccc(NC(=O)CCC(=O)c2ccc3c(c2)OCCO3)cc1. The Hall–Kier alpha value is -2.91. The molecule has 1 N–H and O–H groups in total. The summed E-state index contributed by atoms with van der Waals surface area (Å²) in [6.45, 7) is 4.79. The third kappa shape index (κ3) is 5.26. The summed E-state index contributed by atoms with van der Waals surface area (Å²) in [4.78, 5) is 25.1. The molecule has 2 atom stereocenters. The highest BCUT2D eigenvalue weighted by molar-refractivity contribution is 7.89. The number of nitrogens with one attached hydrogen (secondary N) is 1. The Kier molecular flexibility index (Phi) is 7.23. The monoisotopic (exact) mass is 486 g/mol. The second-order valence-corrected chi connectivity index (χ2v) is 10.7. The highest BCUT2D eigenvalue weighted by atomic mass is 32.2. The molecule has 0 aromatic heterocycles. The normalized spacial score (nSPS) is 20.5. The fraction of sp³-hybridized carbons (Fsp3) is 0.440. The molecule has 0 radical (unpaired) electrons. The van der Waals surface area contributed by atoms with Gasteiger partial charge < -0.3 is 14.8 Å². The lowest BCUT2D eigenvalue weighted by molar-refractivity contribution is -0.116. The molecule has 4 rings (SSSR count). The Morgan fingerprint density at radius 2 is 1.59 bits per heavy atom. The minimum atomic E-state index is -3.61. The van der Waals surface area contributed by atoms with Gasteiger partial charge in [-0.05, 0) is 69.2 Å². The van der Waals surface area contributed by atoms with Gasteiger partial charge in [0.1, 0.15) is 13.2 Å². The molecule has 8 nitrogen and oxygen atoms in total. The van der Waals surface area contributed by atoms with Gasteiger partial charge in [-0.15, -0.1) is 0 Å². The predicted octanol–water partition coefficient (Wildman–Crippen LogP) is 4.01. The maximum absolute atomic E-state index is 13.1. The molecular formula is C25H30N2O6S. The van der Waals surface area contributed by atoms with Crippen LogP contribution in [0.3, 0.4) is 0 Å². The standard InChI is InChI=1S/C25H30N2O6S/c1-17-4-3-5-18(2)27(17)34(30,31)21-9-7-20(8-10-21)26-25(29)13-11-22(28)19-6-12-23-24(16-19)33-15-14-32-23/h6-10,12,16-18H,3-5,11,13-15H2,1-2H3,(H,26,29)/t17-,18+. The topological polar surface area (TPSA) is 102 Å². The molecule has 0 saturated carbocycles. The van der Waals surface area contributed by atoms with Gasteiger partial charge in [-0.2, -0.15) is 4.31 Å². The number of fused-ring (bicyclic) bond motifs is 1. The average Bonchev–Trinajstić information content (AvgIpc) is 2.82. The van der Waals surface area contributed by atoms with E-state index >= 15 is 0 Å². The van der Waals surface area contributed by atoms with Crippen LogP contribution in [-0.4, -0.2) is 49.7 Å². The van der Waals surface area contributed by atoms with Crippen molar-refractivity contribution in [2.45, 2.75) is 62.9 Å². The van der Waals surface area contributed by atoms with Crippen LogP contribution in [0.4, 0.5) is 5.69 Å². The second kappa shape index (κ2) is 10.1. The number of nitrogens with zero attached hydrogens (tertiary/aromatic N) is 1. The predicted molar refractivity (Wildman–Crippen MR) is 128 cm³/mol. The van der Waals surface area contributed by atoms with Crippen molar-refractivity contribution in [1.82, 2.24) is 4.31 Å². The first-order valence-corrected chi connectivity index (χ1v) is 13.1. The van der Waals surface area contributed by atoms with Crippen molar-refractivity contribution in [3.05, 3.63) is 48.0 Å². The second-order valence-electron chi connectivity index (χ2n) is 8.82. The van der Waals surface area contributed by atoms with E-state index in [9.17, 15) is 18.0 Å². The minimum absolute atomic E-state index is 0.0101. The van der Waals surface area contributed by atoms with E-state index in [1.54, 1.807) is 34.6 Å². The van der Waals surface area contributed by atoms with Gasteiger partial charge in [-0.25, -0.2) is 8.42 Å². The first-order chi connectivity index (χ1) is 16.3. The average molecular weight is 487 g/mol. The zero-order chi connectivity index (χ0) is 24.3. The molecule has 0 unspecified atom stereocenters. The highest BCUT2D eigenvalue weighted by Crippen LogP contribution is 2.32. The number of sulfonamides is 1. The van der Waals surface area contributed by atoms with Crippen molar-refractivity contribution in [2.75, 3.05) is 18.5 Å². The van der Waals surface area contributed by atoms with Gasteiger partial charge in [0.05, 0.1) is 4.90 Å². The smallest absolute Gasteiger partial charge is 0.243 e. The zero-order valence-electron chi connectivity index (χ0n) is 19.5. The first kappa shape index (κ1) is 24.2. The fourth-order valence-electron chi connectivity index (χ4n) is 4.52. The van der Waals surface area contributed by atoms with E-state index in [2.05, 4.69) is 5.32 Å². The Morgan fingerprint density at radius 3 is 2.26 bits per heavy atom. The summed E-state index contributed by atoms with van der Waals surface area (Å²) in [6.07, 6.45) is 2.78. The molecule has 0 aliphatic carbocycles. The molecule has 1 saturated heterocycles. The number of ether oxygens (including phenoxy) is 2. The largest absolute Gasteiger partial charge is 0.486 e. The van der Waals surface area contributed by atoms with Crippen molar-refractivity contribution in [3.8, 4) is 11.5 Å². The van der Waals surface area contributed by atoms with Crippen LogP contribution in [0.15, 0.2) is 47.4 Å². The molecule has 1 amide bonds. The summed E-state index contributed by atoms with van der Waals surface area (Å²) < 4.78 is 38.8. The van der Waals surface area contributed by atoms with Crippen LogP contribution in [-0.2, 0) is 14.8 Å². The number of anilines is 1. The van der Waals surface area contributed by atoms with Crippen molar-refractivity contribution in [2.24, 2.45) is 0 Å². The van der Waals surface area contributed by atoms with Gasteiger partial charge in [0, 0.05) is 36.2 Å². The van der Waals surface area contributed by atoms with Gasteiger partial charge in [-0.1, -0.05) is 6.42 Å². The van der Waals surface area contributed by atoms with Crippen LogP contribution in [0.1, 0.15) is 56.3 Å². The lowest BCUT2D eigenvalue weighted by Gasteiger charge is -2.37. The number of amides is 1. The maximum atomic E-state index is 13.1. The number of piperidine rings is 1. The van der Waals surface area contributed by atoms with Crippen LogP contribution < -0.4 is 14.8 Å². The van der Waals surface area contributed by atoms with E-state index in [0.29, 0.717) is 36.0 Å². The van der Waals surface area contributed by atoms with Gasteiger partial charge in [0.25, 0.3) is 0 Å². The van der Waals surface area contributed by atoms with Crippen molar-refractivity contribution in [1.29, 1.82) is 0 Å². The summed E-state index contributed by atoms with van der Waals surface area (Å²) in [5.41, 5.74) is 0.947. The third-order valence-corrected chi connectivity index (χ3v) is 8.41. The summed E-state index contributed by atoms with van der Waals surface area (Å²) in [7, 11) is -3.61. The van der Waals surface area contributed by atoms with Crippen LogP contribution in [0, 0.1) is 0 Å². The molecule has 0 bridgehead atoms. The molecule has 1 fully saturated rings. The minimum Gasteiger partial charge on any atom is -0.486 e. The molecule has 182 valence electrons. The number of hydrogen-bond acceptors (Lipinski definition) is 6. The van der Waals surface area contributed by atoms with Crippen LogP contribution in [0.25, 0.3) is 0 Å². The number of benzene rings is 2. The molecule has 2 aliphatic heterocycles. The molecule has 2 aromatic carbocycles. The lowest BCUT2D eigenvalue weighted by Crippen LogP contribution is -2.47. The Balaban J connectivity index is 1.33. The molecular weight excluding hydrogens is 456 g/mol. The fourth-order valence-corrected chi connectivity index (χ4v) is 6.40. The van der Waals surface area contributed by atoms with Gasteiger partial charge in [0.15, 0.2) is 17.3 Å². The van der Waals surface area contributed by atoms with Crippen LogP contribution in [0.2, 0.25) is 0 Å². The van der Waals surface area contributed by atoms with E-state index in [1.165, 1.54) is 12.1 Å². The number of carbonyl (C=O) groups is 2. The molecule has 2 heterocycles. The Morgan fingerprint density at radius 1 is 0.941 bits per heavy atom. The maximum Gasteiger partial charge on any atom is 0.243 e. The van der Waals surface area contributed by atoms with Crippen LogP contribution in [0.5, 0.6) is 11.5 Å². The van der Waals surface area contributed by atoms with Gasteiger partial charge in [-0.3, -0.25) is 9.59 Å². The molecule has 2 aliphatic rings. The quantitative estimate of drug-likeness (QED) is 0.594. The Bertz CT molecular complexity index is 1150. The highest BCUT2D eigenvalue weighted by Gasteiger charge is 2.35. The van der Waals surface area contributed by atoms with E-state index < -0.39 is 10.0 Å². The summed E-state index contributed by atoms with van der Waals surface area (Å²) >= 11 is 0. The van der Waals surface area contributed by atoms with Gasteiger partial charge >= 0.3 is 0 Å². The molecule has 0 spiro atoms. The number of Topliss-reactive ketones (excluding diaryl/α,β-unsaturated/α-hetero) is 1. The van der Waals surface area contributed by atoms with E-state index in [1.807, 2.05) is 13.8 Å². The zero-order valence-corrected chi connectivity index (χ0v) is 20.3.